The molecule has 132 valence electrons. The van der Waals surface area contributed by atoms with E-state index in [1.807, 2.05) is 18.2 Å². The third-order valence-corrected chi connectivity index (χ3v) is 3.69. The van der Waals surface area contributed by atoms with Crippen LogP contribution in [0, 0.1) is 0 Å². The fraction of sp³-hybridized carbons (Fsp3) is 0.105. The molecule has 0 aliphatic carbocycles. The number of rotatable bonds is 7. The van der Waals surface area contributed by atoms with Crippen LogP contribution >= 0.6 is 0 Å². The van der Waals surface area contributed by atoms with Gasteiger partial charge < -0.3 is 20.6 Å². The highest BCUT2D eigenvalue weighted by Gasteiger charge is 2.14. The van der Waals surface area contributed by atoms with Gasteiger partial charge in [0.25, 0.3) is 11.8 Å². The van der Waals surface area contributed by atoms with Gasteiger partial charge in [-0.1, -0.05) is 18.2 Å². The molecule has 0 spiro atoms. The Labute approximate surface area is 150 Å². The molecule has 1 aromatic carbocycles. The van der Waals surface area contributed by atoms with Crippen LogP contribution in [-0.4, -0.2) is 33.3 Å². The molecular formula is C19H19N5O2. The molecular weight excluding hydrogens is 330 g/mol. The molecule has 2 aromatic heterocycles. The highest BCUT2D eigenvalue weighted by molar-refractivity contribution is 6.05. The second-order valence-electron chi connectivity index (χ2n) is 5.59. The van der Waals surface area contributed by atoms with E-state index in [0.29, 0.717) is 18.5 Å². The lowest BCUT2D eigenvalue weighted by molar-refractivity contribution is -0.117. The monoisotopic (exact) mass is 349 g/mol. The summed E-state index contributed by atoms with van der Waals surface area (Å²) < 4.78 is 0. The largest absolute Gasteiger partial charge is 0.362 e. The molecule has 3 aromatic rings. The summed E-state index contributed by atoms with van der Waals surface area (Å²) in [5.41, 5.74) is 2.30. The molecule has 0 saturated carbocycles. The number of hydrogen-bond donors (Lipinski definition) is 4. The highest BCUT2D eigenvalue weighted by Crippen LogP contribution is 2.05. The predicted octanol–water partition coefficient (Wildman–Crippen LogP) is 1.87. The lowest BCUT2D eigenvalue weighted by atomic mass is 10.2. The summed E-state index contributed by atoms with van der Waals surface area (Å²) >= 11 is 0. The molecule has 4 N–H and O–H groups in total. The number of nitrogens with one attached hydrogen (secondary N) is 4. The summed E-state index contributed by atoms with van der Waals surface area (Å²) in [5, 5.41) is 5.49. The number of benzene rings is 1. The van der Waals surface area contributed by atoms with Crippen molar-refractivity contribution in [3.8, 4) is 0 Å². The average Bonchev–Trinajstić information content (AvgIpc) is 3.36. The molecule has 7 heteroatoms. The molecule has 0 saturated heterocycles. The van der Waals surface area contributed by atoms with E-state index in [0.717, 1.165) is 11.4 Å². The van der Waals surface area contributed by atoms with Gasteiger partial charge in [0.1, 0.15) is 5.70 Å². The Morgan fingerprint density at radius 1 is 1.08 bits per heavy atom. The zero-order valence-electron chi connectivity index (χ0n) is 14.0. The quantitative estimate of drug-likeness (QED) is 0.490. The average molecular weight is 349 g/mol. The van der Waals surface area contributed by atoms with Gasteiger partial charge >= 0.3 is 0 Å². The first kappa shape index (κ1) is 17.2. The van der Waals surface area contributed by atoms with Crippen LogP contribution in [0.3, 0.4) is 0 Å². The summed E-state index contributed by atoms with van der Waals surface area (Å²) in [6.07, 6.45) is 7.27. The van der Waals surface area contributed by atoms with Crippen molar-refractivity contribution in [2.45, 2.75) is 6.42 Å². The minimum Gasteiger partial charge on any atom is -0.362 e. The number of amides is 2. The van der Waals surface area contributed by atoms with Crippen molar-refractivity contribution >= 4 is 17.9 Å². The highest BCUT2D eigenvalue weighted by atomic mass is 16.2. The molecule has 0 aliphatic heterocycles. The first-order valence-corrected chi connectivity index (χ1v) is 8.19. The summed E-state index contributed by atoms with van der Waals surface area (Å²) in [6, 6.07) is 12.4. The molecule has 7 nitrogen and oxygen atoms in total. The van der Waals surface area contributed by atoms with Crippen molar-refractivity contribution in [1.82, 2.24) is 25.6 Å². The van der Waals surface area contributed by atoms with E-state index in [1.54, 1.807) is 49.1 Å². The lowest BCUT2D eigenvalue weighted by Crippen LogP contribution is -2.35. The maximum Gasteiger partial charge on any atom is 0.267 e. The van der Waals surface area contributed by atoms with Crippen LogP contribution < -0.4 is 10.6 Å². The van der Waals surface area contributed by atoms with E-state index in [-0.39, 0.29) is 17.5 Å². The topological polar surface area (TPSA) is 103 Å². The number of imidazole rings is 1. The first-order valence-electron chi connectivity index (χ1n) is 8.19. The van der Waals surface area contributed by atoms with Gasteiger partial charge in [0.05, 0.1) is 6.33 Å². The number of nitrogens with zero attached hydrogens (tertiary/aromatic N) is 1. The maximum atomic E-state index is 12.5. The van der Waals surface area contributed by atoms with Crippen molar-refractivity contribution in [3.63, 3.8) is 0 Å². The smallest absolute Gasteiger partial charge is 0.267 e. The van der Waals surface area contributed by atoms with Crippen LogP contribution in [0.5, 0.6) is 0 Å². The van der Waals surface area contributed by atoms with E-state index in [2.05, 4.69) is 25.6 Å². The molecule has 0 radical (unpaired) electrons. The van der Waals surface area contributed by atoms with E-state index < -0.39 is 0 Å². The second kappa shape index (κ2) is 8.48. The Bertz CT molecular complexity index is 868. The molecule has 2 heterocycles. The van der Waals surface area contributed by atoms with Crippen LogP contribution in [0.4, 0.5) is 0 Å². The Morgan fingerprint density at radius 2 is 1.92 bits per heavy atom. The molecule has 0 aliphatic rings. The van der Waals surface area contributed by atoms with Gasteiger partial charge in [0.2, 0.25) is 0 Å². The van der Waals surface area contributed by atoms with E-state index in [4.69, 9.17) is 0 Å². The molecule has 3 rings (SSSR count). The zero-order chi connectivity index (χ0) is 18.2. The van der Waals surface area contributed by atoms with E-state index in [1.165, 1.54) is 0 Å². The van der Waals surface area contributed by atoms with Crippen LogP contribution in [0.2, 0.25) is 0 Å². The number of hydrogen-bond acceptors (Lipinski definition) is 3. The Kier molecular flexibility index (Phi) is 5.61. The standard InChI is InChI=1S/C19H19N5O2/c25-18(14-5-2-1-3-6-14)24-17(11-15-7-4-9-21-15)19(26)22-10-8-16-12-20-13-23-16/h1-7,9,11-13,21H,8,10H2,(H,20,23)(H,22,26)(H,24,25). The van der Waals surface area contributed by atoms with Crippen LogP contribution in [0.15, 0.2) is 66.9 Å². The number of aromatic nitrogens is 3. The molecule has 26 heavy (non-hydrogen) atoms. The van der Waals surface area contributed by atoms with Crippen molar-refractivity contribution in [3.05, 3.63) is 83.8 Å². The minimum atomic E-state index is -0.358. The number of H-pyrrole nitrogens is 2. The van der Waals surface area contributed by atoms with Crippen molar-refractivity contribution in [2.75, 3.05) is 6.54 Å². The van der Waals surface area contributed by atoms with Gasteiger partial charge in [-0.15, -0.1) is 0 Å². The molecule has 2 amide bonds. The number of carbonyl (C=O) groups is 2. The molecule has 0 fully saturated rings. The van der Waals surface area contributed by atoms with Crippen LogP contribution in [-0.2, 0) is 11.2 Å². The fourth-order valence-corrected chi connectivity index (χ4v) is 2.36. The van der Waals surface area contributed by atoms with Crippen molar-refractivity contribution in [1.29, 1.82) is 0 Å². The minimum absolute atomic E-state index is 0.172. The van der Waals surface area contributed by atoms with E-state index >= 15 is 0 Å². The van der Waals surface area contributed by atoms with Crippen molar-refractivity contribution < 1.29 is 9.59 Å². The molecule has 0 bridgehead atoms. The SMILES string of the molecule is O=C(NCCc1cnc[nH]1)C(=Cc1ccc[nH]1)NC(=O)c1ccccc1. The van der Waals surface area contributed by atoms with Gasteiger partial charge in [-0.2, -0.15) is 0 Å². The van der Waals surface area contributed by atoms with Gasteiger partial charge in [0.15, 0.2) is 0 Å². The summed E-state index contributed by atoms with van der Waals surface area (Å²) in [5.74, 6) is -0.699. The normalized spacial score (nSPS) is 11.2. The van der Waals surface area contributed by atoms with Gasteiger partial charge in [-0.05, 0) is 30.3 Å². The third kappa shape index (κ3) is 4.70. The maximum absolute atomic E-state index is 12.5. The summed E-state index contributed by atoms with van der Waals surface area (Å²) in [7, 11) is 0. The molecule has 0 atom stereocenters. The second-order valence-corrected chi connectivity index (χ2v) is 5.59. The van der Waals surface area contributed by atoms with Gasteiger partial charge in [-0.3, -0.25) is 9.59 Å². The Balaban J connectivity index is 1.68. The van der Waals surface area contributed by atoms with Gasteiger partial charge in [-0.25, -0.2) is 4.98 Å². The molecule has 0 unspecified atom stereocenters. The predicted molar refractivity (Wildman–Crippen MR) is 98.0 cm³/mol. The van der Waals surface area contributed by atoms with Crippen molar-refractivity contribution in [2.24, 2.45) is 0 Å². The third-order valence-electron chi connectivity index (χ3n) is 3.69. The van der Waals surface area contributed by atoms with Crippen LogP contribution in [0.1, 0.15) is 21.7 Å². The first-order chi connectivity index (χ1) is 12.7. The lowest BCUT2D eigenvalue weighted by Gasteiger charge is -2.10. The van der Waals surface area contributed by atoms with Gasteiger partial charge in [0, 0.05) is 42.3 Å². The number of aromatic amines is 2. The summed E-state index contributed by atoms with van der Waals surface area (Å²) in [6.45, 7) is 0.421. The summed E-state index contributed by atoms with van der Waals surface area (Å²) in [4.78, 5) is 34.8. The fourth-order valence-electron chi connectivity index (χ4n) is 2.36. The Hall–Kier alpha value is -3.61. The van der Waals surface area contributed by atoms with E-state index in [9.17, 15) is 9.59 Å². The Morgan fingerprint density at radius 3 is 2.62 bits per heavy atom. The van der Waals surface area contributed by atoms with Crippen LogP contribution in [0.25, 0.3) is 6.08 Å². The zero-order valence-corrected chi connectivity index (χ0v) is 14.0. The number of carbonyl (C=O) groups excluding carboxylic acids is 2.